The van der Waals surface area contributed by atoms with Crippen LogP contribution in [0.1, 0.15) is 11.1 Å². The van der Waals surface area contributed by atoms with Crippen molar-refractivity contribution in [1.82, 2.24) is 0 Å². The van der Waals surface area contributed by atoms with Crippen molar-refractivity contribution in [2.75, 3.05) is 0 Å². The maximum atomic E-state index is 6.89. The molecule has 0 bridgehead atoms. The van der Waals surface area contributed by atoms with E-state index in [2.05, 4.69) is 113 Å². The van der Waals surface area contributed by atoms with Gasteiger partial charge in [-0.25, -0.2) is 9.98 Å². The summed E-state index contributed by atoms with van der Waals surface area (Å²) in [7, 11) is 1.25. The van der Waals surface area contributed by atoms with Crippen LogP contribution in [0.2, 0.25) is 10.0 Å². The van der Waals surface area contributed by atoms with Crippen molar-refractivity contribution in [2.24, 2.45) is 9.98 Å². The molecule has 8 aromatic rings. The summed E-state index contributed by atoms with van der Waals surface area (Å²) in [4.78, 5) is 11.4. The fourth-order valence-electron chi connectivity index (χ4n) is 7.23. The van der Waals surface area contributed by atoms with Gasteiger partial charge < -0.3 is 0 Å². The predicted molar refractivity (Wildman–Crippen MR) is 239 cm³/mol. The number of rotatable bonds is 6. The SMILES string of the molecule is Clc1cc(-c2ccccc2)c(N=C2C(=Nc3c(-c4ccccc4)cc(Cl)cc3-c3ccccc3)c3cccc4cccc2c34)c(-c2ccccc2)c1.[Br][Ni][Br]. The second kappa shape index (κ2) is 17.0. The quantitative estimate of drug-likeness (QED) is 0.149. The molecule has 270 valence electrons. The average Bonchev–Trinajstić information content (AvgIpc) is 3.53. The Morgan fingerprint density at radius 2 is 0.655 bits per heavy atom. The van der Waals surface area contributed by atoms with Crippen molar-refractivity contribution < 1.29 is 10.9 Å². The summed E-state index contributed by atoms with van der Waals surface area (Å²) in [6.45, 7) is 0. The summed E-state index contributed by atoms with van der Waals surface area (Å²) in [5.41, 5.74) is 13.3. The first-order chi connectivity index (χ1) is 27.0. The van der Waals surface area contributed by atoms with Gasteiger partial charge in [0.2, 0.25) is 0 Å². The number of halogens is 4. The molecule has 7 heteroatoms. The molecular weight excluding hydrogens is 894 g/mol. The third kappa shape index (κ3) is 7.78. The Hall–Kier alpha value is -4.61. The van der Waals surface area contributed by atoms with Crippen molar-refractivity contribution in [3.63, 3.8) is 0 Å². The number of aliphatic imine (C=N–C) groups is 2. The normalized spacial score (nSPS) is 13.3. The summed E-state index contributed by atoms with van der Waals surface area (Å²) in [5.74, 6) is 0. The second-order valence-corrected chi connectivity index (χ2v) is 18.7. The van der Waals surface area contributed by atoms with Crippen LogP contribution >= 0.6 is 51.7 Å². The fraction of sp³-hybridized carbons (Fsp3) is 0. The molecule has 1 aliphatic rings. The third-order valence-electron chi connectivity index (χ3n) is 9.58. The average molecular weight is 924 g/mol. The van der Waals surface area contributed by atoms with Gasteiger partial charge in [0.1, 0.15) is 0 Å². The van der Waals surface area contributed by atoms with E-state index in [1.165, 1.54) is 10.9 Å². The predicted octanol–water partition coefficient (Wildman–Crippen LogP) is 15.8. The number of hydrogen-bond donors (Lipinski definition) is 0. The molecule has 0 aromatic heterocycles. The van der Waals surface area contributed by atoms with Crippen LogP contribution in [0.25, 0.3) is 55.3 Å². The first-order valence-corrected chi connectivity index (χ1v) is 23.1. The van der Waals surface area contributed by atoms with E-state index >= 15 is 0 Å². The summed E-state index contributed by atoms with van der Waals surface area (Å²) < 4.78 is 0. The fourth-order valence-corrected chi connectivity index (χ4v) is 7.67. The molecular formula is C48H30Br2Cl2N2Ni. The van der Waals surface area contributed by atoms with Crippen molar-refractivity contribution in [3.05, 3.63) is 203 Å². The maximum absolute atomic E-state index is 6.89. The molecule has 0 fully saturated rings. The van der Waals surface area contributed by atoms with Gasteiger partial charge in [0, 0.05) is 48.8 Å². The zero-order valence-corrected chi connectivity index (χ0v) is 34.7. The Bertz CT molecular complexity index is 2400. The van der Waals surface area contributed by atoms with E-state index in [9.17, 15) is 0 Å². The molecule has 0 unspecified atom stereocenters. The van der Waals surface area contributed by atoms with Crippen molar-refractivity contribution in [1.29, 1.82) is 0 Å². The van der Waals surface area contributed by atoms with E-state index < -0.39 is 0 Å². The molecule has 0 N–H and O–H groups in total. The van der Waals surface area contributed by atoms with Gasteiger partial charge in [-0.3, -0.25) is 0 Å². The minimum atomic E-state index is 0.647. The molecule has 55 heavy (non-hydrogen) atoms. The van der Waals surface area contributed by atoms with Crippen LogP contribution in [0.5, 0.6) is 0 Å². The van der Waals surface area contributed by atoms with Crippen LogP contribution in [0, 0.1) is 0 Å². The molecule has 2 nitrogen and oxygen atoms in total. The van der Waals surface area contributed by atoms with Gasteiger partial charge in [0.25, 0.3) is 0 Å². The van der Waals surface area contributed by atoms with E-state index in [1.807, 2.05) is 97.1 Å². The summed E-state index contributed by atoms with van der Waals surface area (Å²) in [6.07, 6.45) is 0. The van der Waals surface area contributed by atoms with Crippen LogP contribution in [0.15, 0.2) is 192 Å². The standard InChI is InChI=1S/C48H30Cl2N2.2BrH.Ni/c49-36-27-40(31-15-5-1-6-16-31)45(41(28-36)32-17-7-2-8-18-32)51-47-38-25-13-23-35-24-14-26-39(44(35)38)48(47)52-46-42(33-19-9-3-10-20-33)29-37(50)30-43(46)34-21-11-4-12-22-34;;;/h1-30H;2*1H;/q;;;+2/p-2. The minimum absolute atomic E-state index is 0.647. The Morgan fingerprint density at radius 1 is 0.364 bits per heavy atom. The first kappa shape index (κ1) is 37.3. The Labute approximate surface area is 351 Å². The molecule has 0 aliphatic heterocycles. The Morgan fingerprint density at radius 3 is 0.945 bits per heavy atom. The molecule has 0 saturated heterocycles. The van der Waals surface area contributed by atoms with Gasteiger partial charge in [-0.2, -0.15) is 0 Å². The zero-order valence-electron chi connectivity index (χ0n) is 29.0. The van der Waals surface area contributed by atoms with Crippen LogP contribution in [0.3, 0.4) is 0 Å². The van der Waals surface area contributed by atoms with Gasteiger partial charge in [-0.1, -0.05) is 181 Å². The Balaban J connectivity index is 0.00000138. The van der Waals surface area contributed by atoms with E-state index in [-0.39, 0.29) is 0 Å². The molecule has 0 radical (unpaired) electrons. The van der Waals surface area contributed by atoms with E-state index in [0.29, 0.717) is 10.0 Å². The van der Waals surface area contributed by atoms with Crippen LogP contribution in [0.4, 0.5) is 11.4 Å². The number of nitrogens with zero attached hydrogens (tertiary/aromatic N) is 2. The molecule has 8 aromatic carbocycles. The molecule has 9 rings (SSSR count). The molecule has 0 atom stereocenters. The van der Waals surface area contributed by atoms with Crippen LogP contribution in [-0.4, -0.2) is 11.4 Å². The van der Waals surface area contributed by atoms with Gasteiger partial charge >= 0.3 is 39.3 Å². The molecule has 1 aliphatic carbocycles. The van der Waals surface area contributed by atoms with Crippen LogP contribution in [-0.2, 0) is 10.9 Å². The van der Waals surface area contributed by atoms with E-state index in [1.54, 1.807) is 0 Å². The van der Waals surface area contributed by atoms with E-state index in [4.69, 9.17) is 33.2 Å². The van der Waals surface area contributed by atoms with E-state index in [0.717, 1.165) is 89.2 Å². The number of hydrogen-bond acceptors (Lipinski definition) is 2. The summed E-state index contributed by atoms with van der Waals surface area (Å²) in [6, 6.07) is 62.2. The van der Waals surface area contributed by atoms with Gasteiger partial charge in [-0.15, -0.1) is 0 Å². The van der Waals surface area contributed by atoms with Gasteiger partial charge in [-0.05, 0) is 51.9 Å². The zero-order chi connectivity index (χ0) is 37.7. The van der Waals surface area contributed by atoms with Crippen molar-refractivity contribution in [2.45, 2.75) is 0 Å². The Kier molecular flexibility index (Phi) is 11.6. The van der Waals surface area contributed by atoms with Crippen LogP contribution < -0.4 is 0 Å². The summed E-state index contributed by atoms with van der Waals surface area (Å²) >= 11 is 19.8. The first-order valence-electron chi connectivity index (χ1n) is 17.5. The van der Waals surface area contributed by atoms with Crippen molar-refractivity contribution in [3.8, 4) is 44.5 Å². The van der Waals surface area contributed by atoms with Gasteiger partial charge in [0.15, 0.2) is 0 Å². The topological polar surface area (TPSA) is 24.7 Å². The molecule has 0 heterocycles. The summed E-state index contributed by atoms with van der Waals surface area (Å²) in [5, 5.41) is 3.57. The second-order valence-electron chi connectivity index (χ2n) is 12.8. The molecule has 0 spiro atoms. The third-order valence-corrected chi connectivity index (χ3v) is 10.0. The number of benzene rings is 8. The molecule has 0 saturated carbocycles. The monoisotopic (exact) mass is 920 g/mol. The molecule has 0 amide bonds. The van der Waals surface area contributed by atoms with Gasteiger partial charge in [0.05, 0.1) is 22.8 Å². The van der Waals surface area contributed by atoms with Crippen molar-refractivity contribution >= 4 is 85.2 Å².